The van der Waals surface area contributed by atoms with E-state index >= 15 is 0 Å². The van der Waals surface area contributed by atoms with Gasteiger partial charge < -0.3 is 10.6 Å². The number of nitrogens with zero attached hydrogens (tertiary/aromatic N) is 1. The van der Waals surface area contributed by atoms with Gasteiger partial charge in [-0.15, -0.1) is 0 Å². The van der Waals surface area contributed by atoms with Crippen LogP contribution < -0.4 is 5.73 Å². The average molecular weight is 260 g/mol. The van der Waals surface area contributed by atoms with Crippen LogP contribution in [0.15, 0.2) is 40.2 Å². The fourth-order valence-corrected chi connectivity index (χ4v) is 2.24. The van der Waals surface area contributed by atoms with Crippen LogP contribution in [-0.4, -0.2) is 5.84 Å². The second-order valence-corrected chi connectivity index (χ2v) is 4.97. The maximum atomic E-state index is 5.80. The first kappa shape index (κ1) is 12.6. The van der Waals surface area contributed by atoms with Crippen LogP contribution in [0.2, 0.25) is 0 Å². The fraction of sp³-hybridized carbons (Fsp3) is 0.214. The van der Waals surface area contributed by atoms with Crippen molar-refractivity contribution in [2.24, 2.45) is 10.9 Å². The Morgan fingerprint density at radius 3 is 2.89 bits per heavy atom. The highest BCUT2D eigenvalue weighted by molar-refractivity contribution is 7.08. The first-order valence-electron chi connectivity index (χ1n) is 5.71. The highest BCUT2D eigenvalue weighted by Crippen LogP contribution is 2.12. The van der Waals surface area contributed by atoms with Gasteiger partial charge in [-0.05, 0) is 36.4 Å². The Bertz CT molecular complexity index is 547. The lowest BCUT2D eigenvalue weighted by atomic mass is 10.1. The van der Waals surface area contributed by atoms with Gasteiger partial charge in [0.05, 0.1) is 0 Å². The number of benzene rings is 1. The fourth-order valence-electron chi connectivity index (χ4n) is 1.59. The maximum Gasteiger partial charge on any atom is 0.171 e. The van der Waals surface area contributed by atoms with Crippen molar-refractivity contribution >= 4 is 17.2 Å². The van der Waals surface area contributed by atoms with Gasteiger partial charge in [0.1, 0.15) is 6.61 Å². The molecule has 2 N–H and O–H groups in total. The quantitative estimate of drug-likeness (QED) is 0.521. The van der Waals surface area contributed by atoms with Gasteiger partial charge in [-0.2, -0.15) is 11.3 Å². The van der Waals surface area contributed by atoms with Crippen molar-refractivity contribution < 1.29 is 4.84 Å². The molecule has 0 amide bonds. The third-order valence-electron chi connectivity index (χ3n) is 2.70. The molecule has 0 atom stereocenters. The number of rotatable bonds is 4. The van der Waals surface area contributed by atoms with E-state index in [4.69, 9.17) is 10.6 Å². The van der Waals surface area contributed by atoms with Gasteiger partial charge in [-0.1, -0.05) is 28.9 Å². The topological polar surface area (TPSA) is 47.6 Å². The summed E-state index contributed by atoms with van der Waals surface area (Å²) in [5, 5.41) is 7.84. The highest BCUT2D eigenvalue weighted by Gasteiger charge is 2.01. The molecule has 0 spiro atoms. The summed E-state index contributed by atoms with van der Waals surface area (Å²) in [7, 11) is 0. The molecule has 0 saturated heterocycles. The molecule has 0 fully saturated rings. The zero-order chi connectivity index (χ0) is 13.0. The molecule has 0 radical (unpaired) electrons. The minimum absolute atomic E-state index is 0.418. The summed E-state index contributed by atoms with van der Waals surface area (Å²) in [6.07, 6.45) is 0. The van der Waals surface area contributed by atoms with Crippen molar-refractivity contribution in [3.8, 4) is 0 Å². The molecular formula is C14H16N2OS. The van der Waals surface area contributed by atoms with Crippen LogP contribution in [0, 0.1) is 13.8 Å². The van der Waals surface area contributed by atoms with E-state index in [2.05, 4.69) is 37.2 Å². The van der Waals surface area contributed by atoms with Crippen LogP contribution in [0.25, 0.3) is 0 Å². The van der Waals surface area contributed by atoms with Crippen molar-refractivity contribution in [3.63, 3.8) is 0 Å². The molecule has 18 heavy (non-hydrogen) atoms. The molecule has 0 aliphatic heterocycles. The van der Waals surface area contributed by atoms with Crippen LogP contribution in [0.3, 0.4) is 0 Å². The molecule has 1 aromatic heterocycles. The molecule has 1 heterocycles. The third kappa shape index (κ3) is 3.11. The normalized spacial score (nSPS) is 11.6. The highest BCUT2D eigenvalue weighted by atomic mass is 32.1. The lowest BCUT2D eigenvalue weighted by molar-refractivity contribution is 0.130. The summed E-state index contributed by atoms with van der Waals surface area (Å²) < 4.78 is 0. The van der Waals surface area contributed by atoms with Crippen molar-refractivity contribution in [3.05, 3.63) is 57.3 Å². The summed E-state index contributed by atoms with van der Waals surface area (Å²) >= 11 is 1.59. The van der Waals surface area contributed by atoms with E-state index in [9.17, 15) is 0 Å². The van der Waals surface area contributed by atoms with Gasteiger partial charge in [-0.25, -0.2) is 0 Å². The monoisotopic (exact) mass is 260 g/mol. The summed E-state index contributed by atoms with van der Waals surface area (Å²) in [4.78, 5) is 5.31. The van der Waals surface area contributed by atoms with E-state index in [1.54, 1.807) is 11.3 Å². The molecule has 2 aromatic rings. The molecule has 94 valence electrons. The van der Waals surface area contributed by atoms with E-state index in [-0.39, 0.29) is 0 Å². The SMILES string of the molecule is Cc1ccc(C)c(CO/N=C(\N)c2ccsc2)c1. The minimum Gasteiger partial charge on any atom is -0.389 e. The molecule has 0 saturated carbocycles. The molecule has 0 unspecified atom stereocenters. The van der Waals surface area contributed by atoms with Gasteiger partial charge in [0.15, 0.2) is 5.84 Å². The van der Waals surface area contributed by atoms with Gasteiger partial charge in [0.25, 0.3) is 0 Å². The Labute approximate surface area is 111 Å². The van der Waals surface area contributed by atoms with Crippen molar-refractivity contribution in [2.45, 2.75) is 20.5 Å². The van der Waals surface area contributed by atoms with E-state index in [0.717, 1.165) is 11.1 Å². The molecule has 3 nitrogen and oxygen atoms in total. The number of hydrogen-bond acceptors (Lipinski definition) is 3. The molecule has 4 heteroatoms. The molecule has 0 aliphatic rings. The van der Waals surface area contributed by atoms with Crippen LogP contribution in [-0.2, 0) is 11.4 Å². The Hall–Kier alpha value is -1.81. The standard InChI is InChI=1S/C14H16N2OS/c1-10-3-4-11(2)13(7-10)8-17-16-14(15)12-5-6-18-9-12/h3-7,9H,8H2,1-2H3,(H2,15,16). The van der Waals surface area contributed by atoms with Crippen LogP contribution in [0.4, 0.5) is 0 Å². The van der Waals surface area contributed by atoms with Gasteiger partial charge in [0.2, 0.25) is 0 Å². The summed E-state index contributed by atoms with van der Waals surface area (Å²) in [5.41, 5.74) is 10.3. The summed E-state index contributed by atoms with van der Waals surface area (Å²) in [6, 6.07) is 8.19. The third-order valence-corrected chi connectivity index (χ3v) is 3.39. The van der Waals surface area contributed by atoms with Crippen molar-refractivity contribution in [1.29, 1.82) is 0 Å². The first-order valence-corrected chi connectivity index (χ1v) is 6.65. The van der Waals surface area contributed by atoms with Crippen LogP contribution >= 0.6 is 11.3 Å². The van der Waals surface area contributed by atoms with Crippen LogP contribution in [0.1, 0.15) is 22.3 Å². The Balaban J connectivity index is 2.00. The summed E-state index contributed by atoms with van der Waals surface area (Å²) in [5.74, 6) is 0.418. The molecular weight excluding hydrogens is 244 g/mol. The van der Waals surface area contributed by atoms with Gasteiger partial charge >= 0.3 is 0 Å². The number of hydrogen-bond donors (Lipinski definition) is 1. The van der Waals surface area contributed by atoms with Crippen molar-refractivity contribution in [1.82, 2.24) is 0 Å². The van der Waals surface area contributed by atoms with Crippen LogP contribution in [0.5, 0.6) is 0 Å². The largest absolute Gasteiger partial charge is 0.389 e. The Morgan fingerprint density at radius 1 is 1.33 bits per heavy atom. The average Bonchev–Trinajstić information content (AvgIpc) is 2.87. The molecule has 2 rings (SSSR count). The predicted octanol–water partition coefficient (Wildman–Crippen LogP) is 3.20. The minimum atomic E-state index is 0.418. The second kappa shape index (κ2) is 5.69. The smallest absolute Gasteiger partial charge is 0.171 e. The van der Waals surface area contributed by atoms with E-state index in [1.165, 1.54) is 11.1 Å². The second-order valence-electron chi connectivity index (χ2n) is 4.19. The number of amidine groups is 1. The zero-order valence-corrected chi connectivity index (χ0v) is 11.3. The Kier molecular flexibility index (Phi) is 3.99. The molecule has 0 bridgehead atoms. The van der Waals surface area contributed by atoms with E-state index in [0.29, 0.717) is 12.4 Å². The van der Waals surface area contributed by atoms with E-state index < -0.39 is 0 Å². The zero-order valence-electron chi connectivity index (χ0n) is 10.5. The number of nitrogens with two attached hydrogens (primary N) is 1. The Morgan fingerprint density at radius 2 is 2.17 bits per heavy atom. The van der Waals surface area contributed by atoms with Crippen molar-refractivity contribution in [2.75, 3.05) is 0 Å². The number of thiophene rings is 1. The molecule has 1 aromatic carbocycles. The summed E-state index contributed by atoms with van der Waals surface area (Å²) in [6.45, 7) is 4.56. The number of aryl methyl sites for hydroxylation is 2. The predicted molar refractivity (Wildman–Crippen MR) is 75.7 cm³/mol. The van der Waals surface area contributed by atoms with E-state index in [1.807, 2.05) is 16.8 Å². The number of oxime groups is 1. The van der Waals surface area contributed by atoms with Gasteiger partial charge in [0, 0.05) is 10.9 Å². The maximum absolute atomic E-state index is 5.80. The lowest BCUT2D eigenvalue weighted by Crippen LogP contribution is -2.12. The molecule has 0 aliphatic carbocycles. The lowest BCUT2D eigenvalue weighted by Gasteiger charge is -2.06. The first-order chi connectivity index (χ1) is 8.66. The van der Waals surface area contributed by atoms with Gasteiger partial charge in [-0.3, -0.25) is 0 Å².